The summed E-state index contributed by atoms with van der Waals surface area (Å²) in [6.45, 7) is 6.47. The molecule has 1 unspecified atom stereocenters. The number of amides is 2. The van der Waals surface area contributed by atoms with E-state index in [1.165, 1.54) is 0 Å². The van der Waals surface area contributed by atoms with Gasteiger partial charge in [0.05, 0.1) is 0 Å². The zero-order chi connectivity index (χ0) is 26.9. The van der Waals surface area contributed by atoms with E-state index < -0.39 is 6.04 Å². The van der Waals surface area contributed by atoms with Crippen LogP contribution in [0.4, 0.5) is 0 Å². The molecule has 1 N–H and O–H groups in total. The third-order valence-electron chi connectivity index (χ3n) is 7.30. The maximum atomic E-state index is 13.9. The number of nitrogens with zero attached hydrogens (tertiary/aromatic N) is 1. The van der Waals surface area contributed by atoms with E-state index in [-0.39, 0.29) is 30.4 Å². The van der Waals surface area contributed by atoms with Gasteiger partial charge < -0.3 is 15.0 Å². The average molecular weight is 513 g/mol. The summed E-state index contributed by atoms with van der Waals surface area (Å²) in [5.41, 5.74) is 4.19. The van der Waals surface area contributed by atoms with E-state index in [4.69, 9.17) is 4.74 Å². The first-order valence-electron chi connectivity index (χ1n) is 13.8. The van der Waals surface area contributed by atoms with Crippen molar-refractivity contribution >= 4 is 11.8 Å². The molecule has 1 saturated carbocycles. The van der Waals surface area contributed by atoms with Gasteiger partial charge in [0.2, 0.25) is 5.91 Å². The van der Waals surface area contributed by atoms with E-state index in [2.05, 4.69) is 25.2 Å². The second-order valence-electron chi connectivity index (χ2n) is 10.7. The van der Waals surface area contributed by atoms with Gasteiger partial charge in [0.25, 0.3) is 5.91 Å². The van der Waals surface area contributed by atoms with Gasteiger partial charge in [-0.05, 0) is 48.4 Å². The molecule has 0 saturated heterocycles. The lowest BCUT2D eigenvalue weighted by Crippen LogP contribution is -2.53. The van der Waals surface area contributed by atoms with Crippen LogP contribution >= 0.6 is 0 Å². The highest BCUT2D eigenvalue weighted by Gasteiger charge is 2.32. The number of nitrogens with one attached hydrogen (secondary N) is 1. The summed E-state index contributed by atoms with van der Waals surface area (Å²) in [5.74, 6) is 0.686. The van der Waals surface area contributed by atoms with Crippen LogP contribution in [0.1, 0.15) is 67.7 Å². The van der Waals surface area contributed by atoms with Gasteiger partial charge in [-0.1, -0.05) is 105 Å². The highest BCUT2D eigenvalue weighted by Crippen LogP contribution is 2.26. The first-order chi connectivity index (χ1) is 18.4. The molecule has 0 bridgehead atoms. The van der Waals surface area contributed by atoms with Crippen molar-refractivity contribution in [2.24, 2.45) is 0 Å². The number of hydrogen-bond donors (Lipinski definition) is 1. The fourth-order valence-electron chi connectivity index (χ4n) is 5.24. The predicted molar refractivity (Wildman–Crippen MR) is 152 cm³/mol. The second-order valence-corrected chi connectivity index (χ2v) is 10.7. The molecule has 1 aliphatic carbocycles. The number of benzene rings is 3. The number of hydrogen-bond acceptors (Lipinski definition) is 3. The predicted octanol–water partition coefficient (Wildman–Crippen LogP) is 6.20. The van der Waals surface area contributed by atoms with E-state index in [0.717, 1.165) is 47.9 Å². The maximum absolute atomic E-state index is 13.9. The monoisotopic (exact) mass is 512 g/mol. The van der Waals surface area contributed by atoms with Crippen LogP contribution in [0, 0.1) is 6.92 Å². The number of aryl methyl sites for hydroxylation is 1. The minimum absolute atomic E-state index is 0.0932. The first-order valence-corrected chi connectivity index (χ1v) is 13.8. The summed E-state index contributed by atoms with van der Waals surface area (Å²) in [5, 5.41) is 3.26. The molecule has 3 aromatic rings. The molecule has 0 aliphatic heterocycles. The molecule has 5 heteroatoms. The number of carbonyl (C=O) groups excluding carboxylic acids is 2. The van der Waals surface area contributed by atoms with Crippen molar-refractivity contribution in [3.05, 3.63) is 101 Å². The molecule has 1 aliphatic rings. The number of para-hydroxylation sites is 1. The number of ether oxygens (including phenoxy) is 1. The normalized spacial score (nSPS) is 14.3. The Kier molecular flexibility index (Phi) is 9.58. The molecule has 5 nitrogen and oxygen atoms in total. The van der Waals surface area contributed by atoms with Crippen molar-refractivity contribution in [1.29, 1.82) is 0 Å². The van der Waals surface area contributed by atoms with Gasteiger partial charge in [-0.3, -0.25) is 9.59 Å². The van der Waals surface area contributed by atoms with Crippen LogP contribution in [0.2, 0.25) is 0 Å². The minimum atomic E-state index is -0.644. The van der Waals surface area contributed by atoms with Gasteiger partial charge in [0, 0.05) is 19.0 Å². The van der Waals surface area contributed by atoms with Crippen LogP contribution in [0.25, 0.3) is 0 Å². The molecule has 0 heterocycles. The third kappa shape index (κ3) is 7.47. The molecule has 0 spiro atoms. The SMILES string of the molecule is Cc1cccc(CN(C(=O)COc2ccccc2C(C)C)C(Cc2ccccc2)C(=O)NC2CCCC2)c1. The van der Waals surface area contributed by atoms with Gasteiger partial charge in [-0.25, -0.2) is 0 Å². The van der Waals surface area contributed by atoms with Crippen LogP contribution in [0.15, 0.2) is 78.9 Å². The Morgan fingerprint density at radius 1 is 0.921 bits per heavy atom. The molecular formula is C33H40N2O3. The lowest BCUT2D eigenvalue weighted by Gasteiger charge is -2.32. The quantitative estimate of drug-likeness (QED) is 0.333. The Bertz CT molecular complexity index is 1200. The molecule has 200 valence electrons. The summed E-state index contributed by atoms with van der Waals surface area (Å²) in [4.78, 5) is 29.4. The van der Waals surface area contributed by atoms with E-state index in [1.54, 1.807) is 4.90 Å². The largest absolute Gasteiger partial charge is 0.483 e. The van der Waals surface area contributed by atoms with Crippen molar-refractivity contribution in [3.63, 3.8) is 0 Å². The van der Waals surface area contributed by atoms with E-state index >= 15 is 0 Å². The summed E-state index contributed by atoms with van der Waals surface area (Å²) in [7, 11) is 0. The standard InChI is InChI=1S/C33H40N2O3/c1-24(2)29-18-9-10-19-31(29)38-23-32(36)35(22-27-15-11-12-25(3)20-27)30(21-26-13-5-4-6-14-26)33(37)34-28-16-7-8-17-28/h4-6,9-15,18-20,24,28,30H,7-8,16-17,21-23H2,1-3H3,(H,34,37). The lowest BCUT2D eigenvalue weighted by molar-refractivity contribution is -0.143. The Hall–Kier alpha value is -3.60. The molecule has 0 radical (unpaired) electrons. The Balaban J connectivity index is 1.63. The second kappa shape index (κ2) is 13.3. The van der Waals surface area contributed by atoms with Gasteiger partial charge in [-0.15, -0.1) is 0 Å². The van der Waals surface area contributed by atoms with Crippen LogP contribution < -0.4 is 10.1 Å². The van der Waals surface area contributed by atoms with Crippen molar-refractivity contribution in [1.82, 2.24) is 10.2 Å². The molecule has 3 aromatic carbocycles. The maximum Gasteiger partial charge on any atom is 0.261 e. The number of carbonyl (C=O) groups is 2. The van der Waals surface area contributed by atoms with Crippen molar-refractivity contribution in [3.8, 4) is 5.75 Å². The molecule has 2 amide bonds. The lowest BCUT2D eigenvalue weighted by atomic mass is 10.0. The van der Waals surface area contributed by atoms with Crippen LogP contribution in [0.5, 0.6) is 5.75 Å². The Morgan fingerprint density at radius 3 is 2.32 bits per heavy atom. The summed E-state index contributed by atoms with van der Waals surface area (Å²) in [6.07, 6.45) is 4.68. The minimum Gasteiger partial charge on any atom is -0.483 e. The Morgan fingerprint density at radius 2 is 1.61 bits per heavy atom. The molecule has 1 atom stereocenters. The van der Waals surface area contributed by atoms with Crippen LogP contribution in [-0.4, -0.2) is 35.4 Å². The highest BCUT2D eigenvalue weighted by atomic mass is 16.5. The summed E-state index contributed by atoms with van der Waals surface area (Å²) in [6, 6.07) is 25.4. The summed E-state index contributed by atoms with van der Waals surface area (Å²) < 4.78 is 6.09. The highest BCUT2D eigenvalue weighted by molar-refractivity contribution is 5.88. The van der Waals surface area contributed by atoms with E-state index in [1.807, 2.05) is 79.7 Å². The smallest absolute Gasteiger partial charge is 0.261 e. The van der Waals surface area contributed by atoms with Crippen LogP contribution in [0.3, 0.4) is 0 Å². The first kappa shape index (κ1) is 27.4. The molecule has 1 fully saturated rings. The molecular weight excluding hydrogens is 472 g/mol. The number of rotatable bonds is 11. The summed E-state index contributed by atoms with van der Waals surface area (Å²) >= 11 is 0. The van der Waals surface area contributed by atoms with Crippen LogP contribution in [-0.2, 0) is 22.6 Å². The van der Waals surface area contributed by atoms with Gasteiger partial charge >= 0.3 is 0 Å². The Labute approximate surface area is 227 Å². The molecule has 38 heavy (non-hydrogen) atoms. The fourth-order valence-corrected chi connectivity index (χ4v) is 5.24. The van der Waals surface area contributed by atoms with E-state index in [9.17, 15) is 9.59 Å². The van der Waals surface area contributed by atoms with Gasteiger partial charge in [0.1, 0.15) is 11.8 Å². The fraction of sp³-hybridized carbons (Fsp3) is 0.394. The molecule has 4 rings (SSSR count). The zero-order valence-corrected chi connectivity index (χ0v) is 22.9. The van der Waals surface area contributed by atoms with Crippen molar-refractivity contribution in [2.45, 2.75) is 77.4 Å². The van der Waals surface area contributed by atoms with Crippen molar-refractivity contribution < 1.29 is 14.3 Å². The zero-order valence-electron chi connectivity index (χ0n) is 22.9. The van der Waals surface area contributed by atoms with Gasteiger partial charge in [0.15, 0.2) is 6.61 Å². The van der Waals surface area contributed by atoms with Gasteiger partial charge in [-0.2, -0.15) is 0 Å². The average Bonchev–Trinajstić information content (AvgIpc) is 3.43. The topological polar surface area (TPSA) is 58.6 Å². The molecule has 0 aromatic heterocycles. The third-order valence-corrected chi connectivity index (χ3v) is 7.30. The van der Waals surface area contributed by atoms with E-state index in [0.29, 0.717) is 18.7 Å². The van der Waals surface area contributed by atoms with Crippen molar-refractivity contribution in [2.75, 3.05) is 6.61 Å².